The van der Waals surface area contributed by atoms with Crippen LogP contribution in [-0.4, -0.2) is 19.7 Å². The van der Waals surface area contributed by atoms with Crippen LogP contribution in [0.3, 0.4) is 0 Å². The van der Waals surface area contributed by atoms with Crippen molar-refractivity contribution in [2.45, 2.75) is 24.4 Å². The highest BCUT2D eigenvalue weighted by Crippen LogP contribution is 2.29. The highest BCUT2D eigenvalue weighted by Gasteiger charge is 2.13. The third kappa shape index (κ3) is 4.66. The standard InChI is InChI=1S/C21H18ClFN4OS2/c1-13-5-3-4-6-16(13)20-24-14(11-29-20)12-30-21-26-25-19(27(21)2)10-28-15-7-8-18(23)17(22)9-15/h3-9,11H,10,12H2,1-2H3. The van der Waals surface area contributed by atoms with Crippen molar-refractivity contribution in [3.63, 3.8) is 0 Å². The Balaban J connectivity index is 1.38. The number of hydrogen-bond acceptors (Lipinski definition) is 6. The second kappa shape index (κ2) is 9.16. The number of thioether (sulfide) groups is 1. The van der Waals surface area contributed by atoms with E-state index >= 15 is 0 Å². The van der Waals surface area contributed by atoms with Crippen molar-refractivity contribution < 1.29 is 9.13 Å². The molecule has 0 amide bonds. The summed E-state index contributed by atoms with van der Waals surface area (Å²) in [7, 11) is 1.89. The second-order valence-electron chi connectivity index (χ2n) is 6.57. The summed E-state index contributed by atoms with van der Waals surface area (Å²) in [5, 5.41) is 12.3. The van der Waals surface area contributed by atoms with Crippen molar-refractivity contribution in [1.82, 2.24) is 19.7 Å². The first-order valence-electron chi connectivity index (χ1n) is 9.10. The van der Waals surface area contributed by atoms with Gasteiger partial charge < -0.3 is 9.30 Å². The maximum absolute atomic E-state index is 13.3. The lowest BCUT2D eigenvalue weighted by molar-refractivity contribution is 0.290. The first-order chi connectivity index (χ1) is 14.5. The van der Waals surface area contributed by atoms with Crippen molar-refractivity contribution >= 4 is 34.7 Å². The van der Waals surface area contributed by atoms with E-state index in [0.29, 0.717) is 17.3 Å². The SMILES string of the molecule is Cc1ccccc1-c1nc(CSc2nnc(COc3ccc(F)c(Cl)c3)n2C)cs1. The molecule has 2 heterocycles. The van der Waals surface area contributed by atoms with E-state index in [0.717, 1.165) is 21.4 Å². The van der Waals surface area contributed by atoms with Gasteiger partial charge in [0, 0.05) is 29.8 Å². The molecule has 0 N–H and O–H groups in total. The molecule has 0 atom stereocenters. The van der Waals surface area contributed by atoms with Crippen molar-refractivity contribution in [3.05, 3.63) is 75.8 Å². The van der Waals surface area contributed by atoms with Crippen LogP contribution in [0.2, 0.25) is 5.02 Å². The van der Waals surface area contributed by atoms with Crippen LogP contribution >= 0.6 is 34.7 Å². The summed E-state index contributed by atoms with van der Waals surface area (Å²) in [6, 6.07) is 12.5. The van der Waals surface area contributed by atoms with E-state index in [1.54, 1.807) is 23.1 Å². The van der Waals surface area contributed by atoms with Gasteiger partial charge in [-0.3, -0.25) is 0 Å². The molecule has 0 aliphatic heterocycles. The molecule has 2 aromatic heterocycles. The molecule has 9 heteroatoms. The summed E-state index contributed by atoms with van der Waals surface area (Å²) >= 11 is 8.99. The number of thiazole rings is 1. The fourth-order valence-corrected chi connectivity index (χ4v) is 4.77. The fraction of sp³-hybridized carbons (Fsp3) is 0.190. The molecular formula is C21H18ClFN4OS2. The maximum atomic E-state index is 13.3. The molecule has 0 spiro atoms. The molecule has 30 heavy (non-hydrogen) atoms. The van der Waals surface area contributed by atoms with Crippen molar-refractivity contribution in [3.8, 4) is 16.3 Å². The van der Waals surface area contributed by atoms with Gasteiger partial charge in [0.25, 0.3) is 0 Å². The minimum absolute atomic E-state index is 0.0232. The molecule has 0 bridgehead atoms. The molecule has 0 aliphatic rings. The third-order valence-electron chi connectivity index (χ3n) is 4.46. The fourth-order valence-electron chi connectivity index (χ4n) is 2.76. The Bertz CT molecular complexity index is 1180. The topological polar surface area (TPSA) is 52.8 Å². The third-order valence-corrected chi connectivity index (χ3v) is 6.73. The van der Waals surface area contributed by atoms with Crippen LogP contribution in [0, 0.1) is 12.7 Å². The van der Waals surface area contributed by atoms with E-state index in [-0.39, 0.29) is 11.6 Å². The Morgan fingerprint density at radius 3 is 2.83 bits per heavy atom. The zero-order chi connectivity index (χ0) is 21.1. The predicted octanol–water partition coefficient (Wildman–Crippen LogP) is 5.91. The second-order valence-corrected chi connectivity index (χ2v) is 8.78. The Kier molecular flexibility index (Phi) is 6.36. The van der Waals surface area contributed by atoms with Gasteiger partial charge in [-0.2, -0.15) is 0 Å². The highest BCUT2D eigenvalue weighted by molar-refractivity contribution is 7.98. The molecule has 0 unspecified atom stereocenters. The van der Waals surface area contributed by atoms with Crippen molar-refractivity contribution in [1.29, 1.82) is 0 Å². The van der Waals surface area contributed by atoms with Gasteiger partial charge in [-0.1, -0.05) is 47.6 Å². The van der Waals surface area contributed by atoms with Gasteiger partial charge in [-0.05, 0) is 24.6 Å². The maximum Gasteiger partial charge on any atom is 0.191 e. The average Bonchev–Trinajstić information content (AvgIpc) is 3.34. The summed E-state index contributed by atoms with van der Waals surface area (Å²) in [5.41, 5.74) is 3.38. The van der Waals surface area contributed by atoms with Gasteiger partial charge in [0.2, 0.25) is 0 Å². The molecule has 154 valence electrons. The molecule has 5 nitrogen and oxygen atoms in total. The van der Waals surface area contributed by atoms with Crippen LogP contribution < -0.4 is 4.74 Å². The van der Waals surface area contributed by atoms with Gasteiger partial charge >= 0.3 is 0 Å². The molecule has 4 aromatic rings. The molecule has 0 radical (unpaired) electrons. The van der Waals surface area contributed by atoms with Crippen molar-refractivity contribution in [2.75, 3.05) is 0 Å². The lowest BCUT2D eigenvalue weighted by atomic mass is 10.1. The van der Waals surface area contributed by atoms with Crippen LogP contribution in [0.1, 0.15) is 17.1 Å². The van der Waals surface area contributed by atoms with Gasteiger partial charge in [0.15, 0.2) is 11.0 Å². The minimum Gasteiger partial charge on any atom is -0.486 e. The Hall–Kier alpha value is -2.42. The summed E-state index contributed by atoms with van der Waals surface area (Å²) in [6.07, 6.45) is 0. The number of benzene rings is 2. The van der Waals surface area contributed by atoms with E-state index in [9.17, 15) is 4.39 Å². The quantitative estimate of drug-likeness (QED) is 0.321. The predicted molar refractivity (Wildman–Crippen MR) is 119 cm³/mol. The number of aryl methyl sites for hydroxylation is 1. The van der Waals surface area contributed by atoms with E-state index in [1.165, 1.54) is 23.8 Å². The zero-order valence-corrected chi connectivity index (χ0v) is 18.7. The van der Waals surface area contributed by atoms with E-state index in [2.05, 4.69) is 34.6 Å². The van der Waals surface area contributed by atoms with Crippen LogP contribution in [0.15, 0.2) is 53.0 Å². The van der Waals surface area contributed by atoms with Gasteiger partial charge in [0.05, 0.1) is 10.7 Å². The van der Waals surface area contributed by atoms with E-state index < -0.39 is 5.82 Å². The molecule has 2 aromatic carbocycles. The number of nitrogens with zero attached hydrogens (tertiary/aromatic N) is 4. The molecular weight excluding hydrogens is 443 g/mol. The molecule has 0 aliphatic carbocycles. The van der Waals surface area contributed by atoms with E-state index in [4.69, 9.17) is 21.3 Å². The van der Waals surface area contributed by atoms with Crippen LogP contribution in [0.25, 0.3) is 10.6 Å². The molecule has 4 rings (SSSR count). The number of halogens is 2. The lowest BCUT2D eigenvalue weighted by Gasteiger charge is -2.07. The first kappa shape index (κ1) is 20.8. The Labute approximate surface area is 186 Å². The van der Waals surface area contributed by atoms with Crippen LogP contribution in [0.5, 0.6) is 5.75 Å². The summed E-state index contributed by atoms with van der Waals surface area (Å²) in [6.45, 7) is 2.30. The molecule has 0 saturated heterocycles. The number of rotatable bonds is 7. The smallest absolute Gasteiger partial charge is 0.191 e. The van der Waals surface area contributed by atoms with Crippen molar-refractivity contribution in [2.24, 2.45) is 7.05 Å². The van der Waals surface area contributed by atoms with E-state index in [1.807, 2.05) is 23.7 Å². The molecule has 0 fully saturated rings. The Morgan fingerprint density at radius 1 is 1.20 bits per heavy atom. The summed E-state index contributed by atoms with van der Waals surface area (Å²) < 4.78 is 20.8. The number of ether oxygens (including phenoxy) is 1. The monoisotopic (exact) mass is 460 g/mol. The lowest BCUT2D eigenvalue weighted by Crippen LogP contribution is -2.04. The number of aromatic nitrogens is 4. The first-order valence-corrected chi connectivity index (χ1v) is 11.3. The summed E-state index contributed by atoms with van der Waals surface area (Å²) in [5.74, 6) is 1.36. The van der Waals surface area contributed by atoms with Crippen LogP contribution in [-0.2, 0) is 19.4 Å². The summed E-state index contributed by atoms with van der Waals surface area (Å²) in [4.78, 5) is 4.76. The minimum atomic E-state index is -0.478. The largest absolute Gasteiger partial charge is 0.486 e. The average molecular weight is 461 g/mol. The highest BCUT2D eigenvalue weighted by atomic mass is 35.5. The normalized spacial score (nSPS) is 11.1. The van der Waals surface area contributed by atoms with Gasteiger partial charge in [-0.15, -0.1) is 21.5 Å². The molecule has 0 saturated carbocycles. The zero-order valence-electron chi connectivity index (χ0n) is 16.3. The Morgan fingerprint density at radius 2 is 2.03 bits per heavy atom. The van der Waals surface area contributed by atoms with Gasteiger partial charge in [-0.25, -0.2) is 9.37 Å². The number of hydrogen-bond donors (Lipinski definition) is 0. The van der Waals surface area contributed by atoms with Gasteiger partial charge in [0.1, 0.15) is 23.2 Å². The van der Waals surface area contributed by atoms with Crippen LogP contribution in [0.4, 0.5) is 4.39 Å².